The van der Waals surface area contributed by atoms with Crippen molar-refractivity contribution in [3.8, 4) is 0 Å². The number of benzene rings is 1. The first-order chi connectivity index (χ1) is 5.41. The maximum Gasteiger partial charge on any atom is 0.297 e. The Hall–Kier alpha value is -0.650. The Balaban J connectivity index is 3.43. The van der Waals surface area contributed by atoms with Crippen molar-refractivity contribution in [1.82, 2.24) is 0 Å². The van der Waals surface area contributed by atoms with Crippen LogP contribution in [0.3, 0.4) is 0 Å². The second kappa shape index (κ2) is 3.01. The van der Waals surface area contributed by atoms with Gasteiger partial charge >= 0.3 is 0 Å². The predicted octanol–water partition coefficient (Wildman–Crippen LogP) is 1.73. The van der Waals surface area contributed by atoms with Crippen LogP contribution >= 0.6 is 11.6 Å². The summed E-state index contributed by atoms with van der Waals surface area (Å²) in [5.74, 6) is -1.03. The second-order valence-corrected chi connectivity index (χ2v) is 3.88. The van der Waals surface area contributed by atoms with Crippen molar-refractivity contribution in [3.63, 3.8) is 0 Å². The van der Waals surface area contributed by atoms with E-state index >= 15 is 0 Å². The molecular weight excluding hydrogens is 207 g/mol. The van der Waals surface area contributed by atoms with Gasteiger partial charge in [-0.1, -0.05) is 11.6 Å². The lowest BCUT2D eigenvalue weighted by molar-refractivity contribution is 0.473. The highest BCUT2D eigenvalue weighted by Crippen LogP contribution is 2.18. The zero-order valence-electron chi connectivity index (χ0n) is 5.66. The fourth-order valence-corrected chi connectivity index (χ4v) is 1.50. The maximum absolute atomic E-state index is 12.7. The van der Waals surface area contributed by atoms with E-state index in [1.165, 1.54) is 6.07 Å². The van der Waals surface area contributed by atoms with E-state index in [0.29, 0.717) is 0 Å². The average molecular weight is 211 g/mol. The van der Waals surface area contributed by atoms with Crippen molar-refractivity contribution in [2.45, 2.75) is 4.90 Å². The lowest BCUT2D eigenvalue weighted by Gasteiger charge is -1.98. The lowest BCUT2D eigenvalue weighted by Crippen LogP contribution is -2.00. The van der Waals surface area contributed by atoms with Crippen molar-refractivity contribution in [2.24, 2.45) is 0 Å². The van der Waals surface area contributed by atoms with Gasteiger partial charge in [0.15, 0.2) is 0 Å². The number of hydrogen-bond acceptors (Lipinski definition) is 2. The van der Waals surface area contributed by atoms with Crippen molar-refractivity contribution < 1.29 is 17.4 Å². The molecule has 0 amide bonds. The number of rotatable bonds is 1. The Bertz CT molecular complexity index is 401. The normalized spacial score (nSPS) is 11.6. The molecule has 0 atom stereocenters. The molecule has 0 saturated carbocycles. The van der Waals surface area contributed by atoms with E-state index < -0.39 is 20.8 Å². The van der Waals surface area contributed by atoms with Gasteiger partial charge < -0.3 is 0 Å². The molecule has 0 radical (unpaired) electrons. The highest BCUT2D eigenvalue weighted by molar-refractivity contribution is 7.85. The highest BCUT2D eigenvalue weighted by atomic mass is 35.5. The zero-order valence-corrected chi connectivity index (χ0v) is 7.23. The van der Waals surface area contributed by atoms with Crippen LogP contribution < -0.4 is 0 Å². The summed E-state index contributed by atoms with van der Waals surface area (Å²) in [6.45, 7) is 0. The molecule has 1 aromatic carbocycles. The fraction of sp³-hybridized carbons (Fsp3) is 0. The van der Waals surface area contributed by atoms with Crippen LogP contribution in [0.4, 0.5) is 4.39 Å². The number of hydrogen-bond donors (Lipinski definition) is 1. The Labute approximate surface area is 73.5 Å². The van der Waals surface area contributed by atoms with Crippen LogP contribution in [-0.4, -0.2) is 13.0 Å². The van der Waals surface area contributed by atoms with Crippen molar-refractivity contribution in [1.29, 1.82) is 0 Å². The molecule has 0 spiro atoms. The summed E-state index contributed by atoms with van der Waals surface area (Å²) < 4.78 is 42.1. The minimum absolute atomic E-state index is 0.0454. The molecule has 0 aromatic heterocycles. The summed E-state index contributed by atoms with van der Waals surface area (Å²) >= 11 is 5.38. The largest absolute Gasteiger partial charge is 0.297 e. The van der Waals surface area contributed by atoms with Gasteiger partial charge in [0, 0.05) is 5.02 Å². The van der Waals surface area contributed by atoms with Gasteiger partial charge in [0.05, 0.1) is 0 Å². The third kappa shape index (κ3) is 1.94. The molecular formula is C6H4ClFO3S. The SMILES string of the molecule is O=S(=O)(O)c1cc(Cl)ccc1F. The molecule has 1 N–H and O–H groups in total. The summed E-state index contributed by atoms with van der Waals surface area (Å²) in [6.07, 6.45) is 0. The van der Waals surface area contributed by atoms with Crippen LogP contribution in [0.5, 0.6) is 0 Å². The summed E-state index contributed by atoms with van der Waals surface area (Å²) in [7, 11) is -4.52. The van der Waals surface area contributed by atoms with E-state index in [2.05, 4.69) is 0 Å². The Morgan fingerprint density at radius 1 is 1.42 bits per heavy atom. The summed E-state index contributed by atoms with van der Waals surface area (Å²) in [5.41, 5.74) is 0. The van der Waals surface area contributed by atoms with Crippen LogP contribution in [0.2, 0.25) is 5.02 Å². The zero-order chi connectivity index (χ0) is 9.35. The molecule has 0 bridgehead atoms. The third-order valence-corrected chi connectivity index (χ3v) is 2.27. The lowest BCUT2D eigenvalue weighted by atomic mass is 10.3. The first-order valence-electron chi connectivity index (χ1n) is 2.84. The standard InChI is InChI=1S/C6H4ClFO3S/c7-4-1-2-5(8)6(3-4)12(9,10)11/h1-3H,(H,9,10,11). The minimum atomic E-state index is -4.52. The molecule has 0 heterocycles. The van der Waals surface area contributed by atoms with Gasteiger partial charge in [-0.3, -0.25) is 4.55 Å². The maximum atomic E-state index is 12.7. The van der Waals surface area contributed by atoms with Crippen LogP contribution in [-0.2, 0) is 10.1 Å². The highest BCUT2D eigenvalue weighted by Gasteiger charge is 2.15. The van der Waals surface area contributed by atoms with E-state index in [4.69, 9.17) is 16.2 Å². The monoisotopic (exact) mass is 210 g/mol. The predicted molar refractivity (Wildman–Crippen MR) is 41.2 cm³/mol. The molecule has 6 heteroatoms. The van der Waals surface area contributed by atoms with E-state index in [-0.39, 0.29) is 5.02 Å². The molecule has 12 heavy (non-hydrogen) atoms. The molecule has 1 rings (SSSR count). The van der Waals surface area contributed by atoms with Crippen LogP contribution in [0, 0.1) is 5.82 Å². The fourth-order valence-electron chi connectivity index (χ4n) is 0.675. The van der Waals surface area contributed by atoms with Gasteiger partial charge in [-0.15, -0.1) is 0 Å². The van der Waals surface area contributed by atoms with Gasteiger partial charge in [-0.25, -0.2) is 4.39 Å². The molecule has 0 saturated heterocycles. The summed E-state index contributed by atoms with van der Waals surface area (Å²) in [5, 5.41) is 0.0454. The topological polar surface area (TPSA) is 54.4 Å². The smallest absolute Gasteiger partial charge is 0.282 e. The van der Waals surface area contributed by atoms with Gasteiger partial charge in [-0.05, 0) is 18.2 Å². The molecule has 0 fully saturated rings. The average Bonchev–Trinajstić information content (AvgIpc) is 1.92. The van der Waals surface area contributed by atoms with Crippen LogP contribution in [0.1, 0.15) is 0 Å². The summed E-state index contributed by atoms with van der Waals surface area (Å²) in [4.78, 5) is -0.810. The van der Waals surface area contributed by atoms with Crippen LogP contribution in [0.25, 0.3) is 0 Å². The van der Waals surface area contributed by atoms with Crippen molar-refractivity contribution in [3.05, 3.63) is 29.0 Å². The molecule has 0 unspecified atom stereocenters. The van der Waals surface area contributed by atoms with E-state index in [0.717, 1.165) is 12.1 Å². The van der Waals surface area contributed by atoms with Gasteiger partial charge in [0.1, 0.15) is 10.7 Å². The Morgan fingerprint density at radius 3 is 2.42 bits per heavy atom. The molecule has 0 aliphatic carbocycles. The van der Waals surface area contributed by atoms with E-state index in [1.807, 2.05) is 0 Å². The molecule has 66 valence electrons. The van der Waals surface area contributed by atoms with Crippen molar-refractivity contribution >= 4 is 21.7 Å². The minimum Gasteiger partial charge on any atom is -0.282 e. The molecule has 0 aliphatic heterocycles. The van der Waals surface area contributed by atoms with Crippen LogP contribution in [0.15, 0.2) is 23.1 Å². The second-order valence-electron chi connectivity index (χ2n) is 2.05. The van der Waals surface area contributed by atoms with E-state index in [1.54, 1.807) is 0 Å². The molecule has 3 nitrogen and oxygen atoms in total. The third-order valence-electron chi connectivity index (χ3n) is 1.17. The molecule has 1 aromatic rings. The van der Waals surface area contributed by atoms with Crippen molar-refractivity contribution in [2.75, 3.05) is 0 Å². The molecule has 0 aliphatic rings. The van der Waals surface area contributed by atoms with Gasteiger partial charge in [0.25, 0.3) is 10.1 Å². The Morgan fingerprint density at radius 2 is 2.00 bits per heavy atom. The quantitative estimate of drug-likeness (QED) is 0.719. The summed E-state index contributed by atoms with van der Waals surface area (Å²) in [6, 6.07) is 2.89. The number of halogens is 2. The van der Waals surface area contributed by atoms with E-state index in [9.17, 15) is 12.8 Å². The first-order valence-corrected chi connectivity index (χ1v) is 4.65. The van der Waals surface area contributed by atoms with Gasteiger partial charge in [-0.2, -0.15) is 8.42 Å². The van der Waals surface area contributed by atoms with Gasteiger partial charge in [0.2, 0.25) is 0 Å². The first kappa shape index (κ1) is 9.44. The Kier molecular flexibility index (Phi) is 2.36.